The topological polar surface area (TPSA) is 126 Å². The normalized spacial score (nSPS) is 19.7. The first-order valence-corrected chi connectivity index (χ1v) is 12.2. The van der Waals surface area contributed by atoms with E-state index in [0.717, 1.165) is 27.8 Å². The Bertz CT molecular complexity index is 1290. The predicted molar refractivity (Wildman–Crippen MR) is 130 cm³/mol. The number of allylic oxidation sites excluding steroid dienone is 1. The number of nitrogens with one attached hydrogen (secondary N) is 1. The van der Waals surface area contributed by atoms with Crippen molar-refractivity contribution in [3.8, 4) is 6.07 Å². The predicted octanol–water partition coefficient (Wildman–Crippen LogP) is 3.51. The maximum atomic E-state index is 13.7. The lowest BCUT2D eigenvalue weighted by Crippen LogP contribution is -2.39. The Morgan fingerprint density at radius 1 is 1.29 bits per heavy atom. The minimum Gasteiger partial charge on any atom is -0.469 e. The van der Waals surface area contributed by atoms with Crippen LogP contribution in [0.4, 0.5) is 5.69 Å². The zero-order chi connectivity index (χ0) is 24.6. The maximum absolute atomic E-state index is 13.7. The van der Waals surface area contributed by atoms with Gasteiger partial charge in [-0.15, -0.1) is 11.3 Å². The Morgan fingerprint density at radius 3 is 2.68 bits per heavy atom. The van der Waals surface area contributed by atoms with Crippen molar-refractivity contribution in [1.29, 1.82) is 5.26 Å². The number of ether oxygens (including phenoxy) is 1. The summed E-state index contributed by atoms with van der Waals surface area (Å²) >= 11 is 2.48. The van der Waals surface area contributed by atoms with Crippen molar-refractivity contribution in [3.63, 3.8) is 0 Å². The van der Waals surface area contributed by atoms with E-state index in [2.05, 4.69) is 11.4 Å². The summed E-state index contributed by atoms with van der Waals surface area (Å²) in [4.78, 5) is 40.8. The molecule has 2 unspecified atom stereocenters. The summed E-state index contributed by atoms with van der Waals surface area (Å²) in [6.07, 6.45) is -0.176. The number of hydrogen-bond donors (Lipinski definition) is 2. The first-order chi connectivity index (χ1) is 16.3. The summed E-state index contributed by atoms with van der Waals surface area (Å²) in [6, 6.07) is 11.4. The zero-order valence-corrected chi connectivity index (χ0v) is 20.4. The minimum absolute atomic E-state index is 0.0242. The molecule has 2 aliphatic rings. The number of thioether (sulfide) groups is 1. The van der Waals surface area contributed by atoms with Gasteiger partial charge in [-0.05, 0) is 36.9 Å². The van der Waals surface area contributed by atoms with Crippen LogP contribution < -0.4 is 11.1 Å². The van der Waals surface area contributed by atoms with E-state index >= 15 is 0 Å². The molecule has 8 nitrogen and oxygen atoms in total. The number of fused-ring (bicyclic) bond motifs is 1. The van der Waals surface area contributed by atoms with Gasteiger partial charge in [-0.1, -0.05) is 35.5 Å². The number of esters is 1. The number of anilines is 1. The highest BCUT2D eigenvalue weighted by atomic mass is 32.2. The van der Waals surface area contributed by atoms with E-state index in [4.69, 9.17) is 10.5 Å². The molecule has 2 aliphatic heterocycles. The average Bonchev–Trinajstić information content (AvgIpc) is 3.44. The smallest absolute Gasteiger partial charge is 0.307 e. The third kappa shape index (κ3) is 4.08. The van der Waals surface area contributed by atoms with Crippen LogP contribution in [0.3, 0.4) is 0 Å². The zero-order valence-electron chi connectivity index (χ0n) is 18.7. The van der Waals surface area contributed by atoms with Crippen LogP contribution in [0.2, 0.25) is 0 Å². The molecule has 1 aromatic heterocycles. The van der Waals surface area contributed by atoms with E-state index in [0.29, 0.717) is 10.7 Å². The molecule has 1 aromatic carbocycles. The fourth-order valence-electron chi connectivity index (χ4n) is 4.03. The van der Waals surface area contributed by atoms with Crippen LogP contribution in [0.25, 0.3) is 0 Å². The van der Waals surface area contributed by atoms with Gasteiger partial charge in [-0.2, -0.15) is 5.26 Å². The van der Waals surface area contributed by atoms with Crippen molar-refractivity contribution in [2.75, 3.05) is 12.4 Å². The number of nitriles is 1. The quantitative estimate of drug-likeness (QED) is 0.609. The van der Waals surface area contributed by atoms with Gasteiger partial charge in [0.2, 0.25) is 5.91 Å². The molecule has 2 atom stereocenters. The Morgan fingerprint density at radius 2 is 2.06 bits per heavy atom. The molecule has 174 valence electrons. The molecule has 34 heavy (non-hydrogen) atoms. The van der Waals surface area contributed by atoms with Crippen LogP contribution in [-0.2, 0) is 19.1 Å². The first-order valence-electron chi connectivity index (χ1n) is 10.4. The van der Waals surface area contributed by atoms with Crippen LogP contribution >= 0.6 is 23.1 Å². The molecule has 3 N–H and O–H groups in total. The number of aryl methyl sites for hydroxylation is 2. The molecule has 1 saturated heterocycles. The Labute approximate surface area is 205 Å². The molecule has 10 heteroatoms. The molecule has 0 spiro atoms. The molecule has 0 saturated carbocycles. The van der Waals surface area contributed by atoms with Gasteiger partial charge >= 0.3 is 5.97 Å². The second-order valence-electron chi connectivity index (χ2n) is 7.91. The van der Waals surface area contributed by atoms with Crippen LogP contribution in [0, 0.1) is 25.2 Å². The van der Waals surface area contributed by atoms with Gasteiger partial charge in [0, 0.05) is 10.6 Å². The van der Waals surface area contributed by atoms with Crippen molar-refractivity contribution < 1.29 is 19.1 Å². The van der Waals surface area contributed by atoms with Gasteiger partial charge in [0.05, 0.1) is 41.7 Å². The number of thiophene rings is 1. The molecule has 1 fully saturated rings. The van der Waals surface area contributed by atoms with Gasteiger partial charge in [0.15, 0.2) is 0 Å². The van der Waals surface area contributed by atoms with Gasteiger partial charge in [-0.25, -0.2) is 0 Å². The first kappa shape index (κ1) is 23.6. The number of nitrogens with two attached hydrogens (primary N) is 1. The summed E-state index contributed by atoms with van der Waals surface area (Å²) in [6.45, 7) is 3.85. The van der Waals surface area contributed by atoms with Gasteiger partial charge < -0.3 is 15.8 Å². The monoisotopic (exact) mass is 494 g/mol. The lowest BCUT2D eigenvalue weighted by molar-refractivity contribution is -0.142. The van der Waals surface area contributed by atoms with E-state index < -0.39 is 29.0 Å². The van der Waals surface area contributed by atoms with Crippen molar-refractivity contribution >= 4 is 46.6 Å². The summed E-state index contributed by atoms with van der Waals surface area (Å²) < 4.78 is 4.73. The molecule has 4 rings (SSSR count). The van der Waals surface area contributed by atoms with Gasteiger partial charge in [-0.3, -0.25) is 19.3 Å². The molecule has 0 bridgehead atoms. The Balaban J connectivity index is 1.85. The van der Waals surface area contributed by atoms with E-state index in [1.807, 2.05) is 49.6 Å². The molecule has 2 aromatic rings. The van der Waals surface area contributed by atoms with Crippen molar-refractivity contribution in [3.05, 3.63) is 73.7 Å². The summed E-state index contributed by atoms with van der Waals surface area (Å²) in [7, 11) is 1.25. The third-order valence-electron chi connectivity index (χ3n) is 5.68. The van der Waals surface area contributed by atoms with Crippen molar-refractivity contribution in [2.45, 2.75) is 31.4 Å². The molecule has 2 amide bonds. The van der Waals surface area contributed by atoms with Crippen LogP contribution in [0.15, 0.2) is 57.7 Å². The number of methoxy groups -OCH3 is 1. The highest BCUT2D eigenvalue weighted by molar-refractivity contribution is 8.04. The highest BCUT2D eigenvalue weighted by Gasteiger charge is 2.48. The van der Waals surface area contributed by atoms with Crippen LogP contribution in [0.1, 0.15) is 28.3 Å². The van der Waals surface area contributed by atoms with Crippen molar-refractivity contribution in [2.24, 2.45) is 5.73 Å². The van der Waals surface area contributed by atoms with E-state index in [-0.39, 0.29) is 23.4 Å². The highest BCUT2D eigenvalue weighted by Crippen LogP contribution is 2.50. The Kier molecular flexibility index (Phi) is 6.50. The molecular formula is C24H22N4O4S2. The number of carbonyl (C=O) groups excluding carboxylic acids is 3. The second-order valence-corrected chi connectivity index (χ2v) is 10.1. The largest absolute Gasteiger partial charge is 0.469 e. The summed E-state index contributed by atoms with van der Waals surface area (Å²) in [5.41, 5.74) is 9.25. The van der Waals surface area contributed by atoms with E-state index in [1.54, 1.807) is 0 Å². The van der Waals surface area contributed by atoms with E-state index in [9.17, 15) is 19.6 Å². The number of rotatable bonds is 5. The number of benzene rings is 1. The van der Waals surface area contributed by atoms with E-state index in [1.165, 1.54) is 23.3 Å². The number of amides is 2. The summed E-state index contributed by atoms with van der Waals surface area (Å²) in [5.74, 6) is -2.21. The van der Waals surface area contributed by atoms with Crippen LogP contribution in [0.5, 0.6) is 0 Å². The average molecular weight is 495 g/mol. The molecule has 3 heterocycles. The fraction of sp³-hybridized carbons (Fsp3) is 0.250. The third-order valence-corrected chi connectivity index (χ3v) is 7.90. The number of hydrogen-bond acceptors (Lipinski definition) is 8. The maximum Gasteiger partial charge on any atom is 0.307 e. The molecule has 0 aliphatic carbocycles. The lowest BCUT2D eigenvalue weighted by atomic mass is 9.87. The SMILES string of the molecule is COC(=O)CC1SC2=C(C(=O)Nc3ccc(C)cc3C)C(c3cccs3)C(C#N)=C(N)N2C1=O. The minimum atomic E-state index is -0.813. The lowest BCUT2D eigenvalue weighted by Gasteiger charge is -2.31. The molecular weight excluding hydrogens is 472 g/mol. The standard InChI is InChI=1S/C24H22N4O4S2/c1-12-6-7-15(13(2)9-12)27-22(30)20-19(16-5-4-8-33-16)14(11-25)21(26)28-23(31)17(34-24(20)28)10-18(29)32-3/h4-9,17,19H,10,26H2,1-3H3,(H,27,30). The van der Waals surface area contributed by atoms with Gasteiger partial charge in [0.1, 0.15) is 11.1 Å². The van der Waals surface area contributed by atoms with Crippen molar-refractivity contribution in [1.82, 2.24) is 4.90 Å². The fourth-order valence-corrected chi connectivity index (χ4v) is 6.20. The summed E-state index contributed by atoms with van der Waals surface area (Å²) in [5, 5.41) is 14.3. The second kappa shape index (κ2) is 9.37. The Hall–Kier alpha value is -3.55. The van der Waals surface area contributed by atoms with Gasteiger partial charge in [0.25, 0.3) is 5.91 Å². The number of carbonyl (C=O) groups is 3. The number of nitrogens with zero attached hydrogens (tertiary/aromatic N) is 2. The van der Waals surface area contributed by atoms with Crippen LogP contribution in [-0.4, -0.2) is 35.0 Å². The molecule has 0 radical (unpaired) electrons.